The quantitative estimate of drug-likeness (QED) is 0.451. The Kier molecular flexibility index (Phi) is 1.52. The summed E-state index contributed by atoms with van der Waals surface area (Å²) in [5.41, 5.74) is 0. The van der Waals surface area contributed by atoms with Crippen molar-refractivity contribution < 1.29 is 13.6 Å². The van der Waals surface area contributed by atoms with Crippen LogP contribution in [0.4, 0.5) is 8.78 Å². The number of benzene rings is 1. The lowest BCUT2D eigenvalue weighted by Gasteiger charge is -2.04. The number of rotatable bonds is 1. The largest absolute Gasteiger partial charge is 0.308 e. The normalized spacial score (nSPS) is 25.2. The number of carbonyl (C=O) groups is 1. The fourth-order valence-corrected chi connectivity index (χ4v) is 1.25. The lowest BCUT2D eigenvalue weighted by atomic mass is 10.2. The Morgan fingerprint density at radius 3 is 2.69 bits per heavy atom. The lowest BCUT2D eigenvalue weighted by molar-refractivity contribution is -0.114. The summed E-state index contributed by atoms with van der Waals surface area (Å²) in [6.07, 6.45) is -0.137. The Morgan fingerprint density at radius 2 is 2.08 bits per heavy atom. The van der Waals surface area contributed by atoms with E-state index in [2.05, 4.69) is 4.99 Å². The summed E-state index contributed by atoms with van der Waals surface area (Å²) in [5, 5.41) is 0.228. The van der Waals surface area contributed by atoms with Crippen LogP contribution in [0.25, 0.3) is 5.83 Å². The minimum atomic E-state index is -2.80. The van der Waals surface area contributed by atoms with E-state index in [1.807, 2.05) is 0 Å². The Morgan fingerprint density at radius 1 is 1.38 bits per heavy atom. The number of alkyl halides is 1. The Labute approximate surface area is 72.2 Å². The molecule has 66 valence electrons. The van der Waals surface area contributed by atoms with Crippen LogP contribution >= 0.6 is 0 Å². The minimum absolute atomic E-state index is 0.0529. The molecule has 0 N–H and O–H groups in total. The second-order valence-electron chi connectivity index (χ2n) is 2.73. The molecule has 1 atom stereocenters. The predicted octanol–water partition coefficient (Wildman–Crippen LogP) is 0.262. The third kappa shape index (κ3) is 0.983. The van der Waals surface area contributed by atoms with Gasteiger partial charge in [0.25, 0.3) is 0 Å². The number of hydrogen-bond acceptors (Lipinski definition) is 2. The van der Waals surface area contributed by atoms with E-state index in [9.17, 15) is 13.6 Å². The molecule has 4 heteroatoms. The van der Waals surface area contributed by atoms with E-state index in [0.717, 1.165) is 0 Å². The number of aldehydes is 1. The van der Waals surface area contributed by atoms with Crippen molar-refractivity contribution in [2.45, 2.75) is 5.79 Å². The maximum absolute atomic E-state index is 13.3. The van der Waals surface area contributed by atoms with Gasteiger partial charge in [0.05, 0.1) is 5.36 Å². The van der Waals surface area contributed by atoms with Gasteiger partial charge in [-0.1, -0.05) is 12.1 Å². The molecule has 0 bridgehead atoms. The number of hydrogen-bond donors (Lipinski definition) is 0. The standard InChI is InChI=1S/C9H5F2NO/c10-8-6-3-1-2-4-7(6)12-9(8,11)5-13/h1-5H. The lowest BCUT2D eigenvalue weighted by Crippen LogP contribution is -2.22. The molecule has 0 radical (unpaired) electrons. The van der Waals surface area contributed by atoms with Gasteiger partial charge in [0.15, 0.2) is 12.1 Å². The highest BCUT2D eigenvalue weighted by atomic mass is 19.2. The molecule has 1 aliphatic heterocycles. The van der Waals surface area contributed by atoms with Gasteiger partial charge in [-0.2, -0.15) is 0 Å². The van der Waals surface area contributed by atoms with Crippen molar-refractivity contribution in [3.8, 4) is 0 Å². The van der Waals surface area contributed by atoms with Crippen LogP contribution in [-0.2, 0) is 4.79 Å². The molecule has 0 aliphatic carbocycles. The van der Waals surface area contributed by atoms with Crippen molar-refractivity contribution >= 4 is 12.1 Å². The first-order chi connectivity index (χ1) is 6.17. The first-order valence-electron chi connectivity index (χ1n) is 3.68. The predicted molar refractivity (Wildman–Crippen MR) is 41.6 cm³/mol. The summed E-state index contributed by atoms with van der Waals surface area (Å²) in [7, 11) is 0. The zero-order valence-electron chi connectivity index (χ0n) is 6.50. The van der Waals surface area contributed by atoms with Crippen molar-refractivity contribution in [2.75, 3.05) is 0 Å². The second-order valence-corrected chi connectivity index (χ2v) is 2.73. The number of para-hydroxylation sites is 1. The molecular weight excluding hydrogens is 176 g/mol. The number of carbonyl (C=O) groups excluding carboxylic acids is 1. The molecule has 0 aromatic heterocycles. The second kappa shape index (κ2) is 2.45. The van der Waals surface area contributed by atoms with Gasteiger partial charge in [0.1, 0.15) is 0 Å². The first kappa shape index (κ1) is 8.04. The van der Waals surface area contributed by atoms with Crippen molar-refractivity contribution in [1.29, 1.82) is 0 Å². The van der Waals surface area contributed by atoms with Crippen LogP contribution in [0.1, 0.15) is 0 Å². The maximum Gasteiger partial charge on any atom is 0.308 e. The summed E-state index contributed by atoms with van der Waals surface area (Å²) >= 11 is 0. The van der Waals surface area contributed by atoms with Crippen molar-refractivity contribution in [3.63, 3.8) is 0 Å². The van der Waals surface area contributed by atoms with Crippen LogP contribution in [0.15, 0.2) is 29.3 Å². The zero-order chi connectivity index (χ0) is 9.47. The highest BCUT2D eigenvalue weighted by Crippen LogP contribution is 2.23. The monoisotopic (exact) mass is 181 g/mol. The third-order valence-electron chi connectivity index (χ3n) is 1.89. The van der Waals surface area contributed by atoms with Gasteiger partial charge < -0.3 is 0 Å². The molecule has 1 unspecified atom stereocenters. The van der Waals surface area contributed by atoms with Gasteiger partial charge in [-0.25, -0.2) is 13.8 Å². The SMILES string of the molecule is O=CC1(F)N=c2ccccc2=C1F. The fraction of sp³-hybridized carbons (Fsp3) is 0.111. The van der Waals surface area contributed by atoms with Gasteiger partial charge in [0.2, 0.25) is 0 Å². The van der Waals surface area contributed by atoms with E-state index >= 15 is 0 Å². The average Bonchev–Trinajstić information content (AvgIpc) is 2.41. The zero-order valence-corrected chi connectivity index (χ0v) is 6.50. The van der Waals surface area contributed by atoms with Crippen LogP contribution < -0.4 is 10.6 Å². The summed E-state index contributed by atoms with van der Waals surface area (Å²) in [5.74, 6) is -3.93. The van der Waals surface area contributed by atoms with Gasteiger partial charge >= 0.3 is 5.79 Å². The van der Waals surface area contributed by atoms with Gasteiger partial charge in [0, 0.05) is 5.22 Å². The Hall–Kier alpha value is -1.58. The molecule has 0 amide bonds. The van der Waals surface area contributed by atoms with E-state index in [-0.39, 0.29) is 16.9 Å². The topological polar surface area (TPSA) is 29.4 Å². The molecule has 2 rings (SSSR count). The molecule has 13 heavy (non-hydrogen) atoms. The van der Waals surface area contributed by atoms with Gasteiger partial charge in [-0.15, -0.1) is 0 Å². The first-order valence-corrected chi connectivity index (χ1v) is 3.68. The highest BCUT2D eigenvalue weighted by molar-refractivity contribution is 5.78. The van der Waals surface area contributed by atoms with E-state index in [1.54, 1.807) is 12.1 Å². The van der Waals surface area contributed by atoms with E-state index in [1.165, 1.54) is 12.1 Å². The molecule has 2 nitrogen and oxygen atoms in total. The van der Waals surface area contributed by atoms with Crippen LogP contribution in [0.2, 0.25) is 0 Å². The summed E-state index contributed by atoms with van der Waals surface area (Å²) < 4.78 is 26.5. The van der Waals surface area contributed by atoms with Crippen molar-refractivity contribution in [1.82, 2.24) is 0 Å². The molecule has 1 aromatic rings. The Balaban J connectivity index is 2.86. The van der Waals surface area contributed by atoms with Crippen molar-refractivity contribution in [2.24, 2.45) is 4.99 Å². The average molecular weight is 181 g/mol. The van der Waals surface area contributed by atoms with Crippen LogP contribution in [0.5, 0.6) is 0 Å². The minimum Gasteiger partial charge on any atom is -0.297 e. The molecule has 0 spiro atoms. The van der Waals surface area contributed by atoms with Gasteiger partial charge in [-0.3, -0.25) is 4.79 Å². The van der Waals surface area contributed by atoms with Crippen LogP contribution in [0, 0.1) is 0 Å². The molecule has 1 aliphatic rings. The van der Waals surface area contributed by atoms with Crippen LogP contribution in [-0.4, -0.2) is 12.1 Å². The van der Waals surface area contributed by atoms with E-state index in [0.29, 0.717) is 0 Å². The summed E-state index contributed by atoms with van der Waals surface area (Å²) in [6, 6.07) is 6.01. The fourth-order valence-electron chi connectivity index (χ4n) is 1.25. The van der Waals surface area contributed by atoms with Gasteiger partial charge in [-0.05, 0) is 12.1 Å². The molecule has 0 saturated carbocycles. The van der Waals surface area contributed by atoms with Crippen molar-refractivity contribution in [3.05, 3.63) is 34.8 Å². The highest BCUT2D eigenvalue weighted by Gasteiger charge is 2.38. The third-order valence-corrected chi connectivity index (χ3v) is 1.89. The number of nitrogens with zero attached hydrogens (tertiary/aromatic N) is 1. The van der Waals surface area contributed by atoms with E-state index < -0.39 is 11.6 Å². The molecule has 1 aromatic carbocycles. The Bertz CT molecular complexity index is 483. The summed E-state index contributed by atoms with van der Waals surface area (Å²) in [6.45, 7) is 0. The summed E-state index contributed by atoms with van der Waals surface area (Å²) in [4.78, 5) is 13.6. The van der Waals surface area contributed by atoms with E-state index in [4.69, 9.17) is 0 Å². The maximum atomic E-state index is 13.3. The molecule has 0 saturated heterocycles. The molecular formula is C9H5F2NO. The smallest absolute Gasteiger partial charge is 0.297 e. The molecule has 1 heterocycles. The number of fused-ring (bicyclic) bond motifs is 1. The van der Waals surface area contributed by atoms with Crippen LogP contribution in [0.3, 0.4) is 0 Å². The number of halogens is 2. The molecule has 0 fully saturated rings.